The quantitative estimate of drug-likeness (QED) is 0.742. The van der Waals surface area contributed by atoms with Crippen LogP contribution >= 0.6 is 0 Å². The summed E-state index contributed by atoms with van der Waals surface area (Å²) in [4.78, 5) is 38.4. The number of benzene rings is 1. The number of imide groups is 1. The molecule has 3 amide bonds. The van der Waals surface area contributed by atoms with Crippen molar-refractivity contribution >= 4 is 17.7 Å². The fraction of sp³-hybridized carbons (Fsp3) is 0.500. The van der Waals surface area contributed by atoms with E-state index in [1.807, 2.05) is 6.92 Å². The minimum absolute atomic E-state index is 0.0239. The number of unbranched alkanes of at least 4 members (excludes halogenated alkanes) is 1. The Balaban J connectivity index is 1.77. The highest BCUT2D eigenvalue weighted by Crippen LogP contribution is 2.32. The van der Waals surface area contributed by atoms with E-state index in [9.17, 15) is 14.4 Å². The molecule has 1 aliphatic carbocycles. The third-order valence-electron chi connectivity index (χ3n) is 4.73. The second-order valence-electron chi connectivity index (χ2n) is 6.53. The minimum atomic E-state index is -0.310. The Bertz CT molecular complexity index is 682. The van der Waals surface area contributed by atoms with Crippen LogP contribution in [-0.2, 0) is 0 Å². The second-order valence-corrected chi connectivity index (χ2v) is 6.53. The largest absolute Gasteiger partial charge is 0.348 e. The van der Waals surface area contributed by atoms with Crippen LogP contribution in [0.1, 0.15) is 63.7 Å². The normalized spacial score (nSPS) is 17.8. The summed E-state index contributed by atoms with van der Waals surface area (Å²) < 4.78 is 0. The molecule has 0 aromatic heterocycles. The van der Waals surface area contributed by atoms with Gasteiger partial charge in [0, 0.05) is 24.7 Å². The van der Waals surface area contributed by atoms with Gasteiger partial charge in [0.05, 0.1) is 11.1 Å². The van der Waals surface area contributed by atoms with Crippen LogP contribution in [0.25, 0.3) is 0 Å². The first-order valence-electron chi connectivity index (χ1n) is 8.58. The zero-order valence-corrected chi connectivity index (χ0v) is 13.9. The molecule has 0 saturated heterocycles. The van der Waals surface area contributed by atoms with Crippen LogP contribution in [0.3, 0.4) is 0 Å². The van der Waals surface area contributed by atoms with Gasteiger partial charge in [0.25, 0.3) is 17.7 Å². The minimum Gasteiger partial charge on any atom is -0.348 e. The lowest BCUT2D eigenvalue weighted by Crippen LogP contribution is -2.41. The van der Waals surface area contributed by atoms with Crippen LogP contribution in [-0.4, -0.2) is 41.8 Å². The summed E-state index contributed by atoms with van der Waals surface area (Å²) in [6.45, 7) is 2.83. The van der Waals surface area contributed by atoms with E-state index < -0.39 is 0 Å². The van der Waals surface area contributed by atoms with E-state index in [-0.39, 0.29) is 23.8 Å². The number of hydrogen-bond acceptors (Lipinski definition) is 4. The molecule has 3 N–H and O–H groups in total. The highest BCUT2D eigenvalue weighted by Gasteiger charge is 2.36. The highest BCUT2D eigenvalue weighted by molar-refractivity contribution is 6.22. The molecule has 1 atom stereocenters. The van der Waals surface area contributed by atoms with E-state index in [0.29, 0.717) is 35.7 Å². The molecular formula is C18H23N3O3. The molecule has 0 radical (unpaired) electrons. The summed E-state index contributed by atoms with van der Waals surface area (Å²) >= 11 is 0. The molecule has 0 spiro atoms. The molecule has 3 rings (SSSR count). The number of carbonyl (C=O) groups excluding carboxylic acids is 3. The maximum absolute atomic E-state index is 12.4. The summed E-state index contributed by atoms with van der Waals surface area (Å²) in [5.41, 5.74) is 6.81. The van der Waals surface area contributed by atoms with Gasteiger partial charge in [-0.15, -0.1) is 0 Å². The molecule has 1 unspecified atom stereocenters. The van der Waals surface area contributed by atoms with Gasteiger partial charge in [-0.05, 0) is 43.4 Å². The van der Waals surface area contributed by atoms with Crippen LogP contribution in [0.2, 0.25) is 0 Å². The maximum Gasteiger partial charge on any atom is 0.261 e. The zero-order chi connectivity index (χ0) is 17.3. The standard InChI is InChI=1S/C18H23N3O3/c1-2-3-8-21-17(23)13-7-6-12(9-14(13)18(21)24)16(22)20-15(10-19)11-4-5-11/h6-7,9,11,15H,2-5,8,10,19H2,1H3,(H,20,22). The summed E-state index contributed by atoms with van der Waals surface area (Å²) in [5.74, 6) is -0.363. The first kappa shape index (κ1) is 16.6. The Morgan fingerprint density at radius 2 is 2.00 bits per heavy atom. The third-order valence-corrected chi connectivity index (χ3v) is 4.73. The van der Waals surface area contributed by atoms with Crippen molar-refractivity contribution in [3.8, 4) is 0 Å². The molecule has 1 aliphatic heterocycles. The summed E-state index contributed by atoms with van der Waals surface area (Å²) in [6, 6.07) is 4.68. The number of hydrogen-bond donors (Lipinski definition) is 2. The monoisotopic (exact) mass is 329 g/mol. The predicted molar refractivity (Wildman–Crippen MR) is 89.7 cm³/mol. The van der Waals surface area contributed by atoms with Crippen LogP contribution < -0.4 is 11.1 Å². The van der Waals surface area contributed by atoms with Gasteiger partial charge in [0.15, 0.2) is 0 Å². The first-order chi connectivity index (χ1) is 11.6. The first-order valence-corrected chi connectivity index (χ1v) is 8.58. The van der Waals surface area contributed by atoms with Gasteiger partial charge in [-0.1, -0.05) is 13.3 Å². The van der Waals surface area contributed by atoms with Gasteiger partial charge in [-0.2, -0.15) is 0 Å². The molecular weight excluding hydrogens is 306 g/mol. The Hall–Kier alpha value is -2.21. The average molecular weight is 329 g/mol. The van der Waals surface area contributed by atoms with Crippen molar-refractivity contribution < 1.29 is 14.4 Å². The highest BCUT2D eigenvalue weighted by atomic mass is 16.2. The molecule has 1 aromatic rings. The van der Waals surface area contributed by atoms with E-state index in [1.54, 1.807) is 12.1 Å². The molecule has 6 heteroatoms. The molecule has 1 aromatic carbocycles. The Morgan fingerprint density at radius 3 is 2.62 bits per heavy atom. The molecule has 128 valence electrons. The maximum atomic E-state index is 12.4. The van der Waals surface area contributed by atoms with Crippen LogP contribution in [0.15, 0.2) is 18.2 Å². The number of carbonyl (C=O) groups is 3. The number of nitrogens with zero attached hydrogens (tertiary/aromatic N) is 1. The summed E-state index contributed by atoms with van der Waals surface area (Å²) in [7, 11) is 0. The van der Waals surface area contributed by atoms with Crippen molar-refractivity contribution in [2.75, 3.05) is 13.1 Å². The molecule has 2 aliphatic rings. The van der Waals surface area contributed by atoms with Gasteiger partial charge < -0.3 is 11.1 Å². The SMILES string of the molecule is CCCCN1C(=O)c2ccc(C(=O)NC(CN)C3CC3)cc2C1=O. The van der Waals surface area contributed by atoms with Gasteiger partial charge >= 0.3 is 0 Å². The van der Waals surface area contributed by atoms with Gasteiger partial charge in [0.2, 0.25) is 0 Å². The second kappa shape index (κ2) is 6.73. The number of fused-ring (bicyclic) bond motifs is 1. The molecule has 24 heavy (non-hydrogen) atoms. The van der Waals surface area contributed by atoms with Crippen LogP contribution in [0.4, 0.5) is 0 Å². The van der Waals surface area contributed by atoms with Crippen molar-refractivity contribution in [1.29, 1.82) is 0 Å². The Kier molecular flexibility index (Phi) is 4.66. The zero-order valence-electron chi connectivity index (χ0n) is 13.9. The van der Waals surface area contributed by atoms with Crippen molar-refractivity contribution in [3.05, 3.63) is 34.9 Å². The fourth-order valence-corrected chi connectivity index (χ4v) is 3.07. The topological polar surface area (TPSA) is 92.5 Å². The van der Waals surface area contributed by atoms with E-state index in [2.05, 4.69) is 5.32 Å². The van der Waals surface area contributed by atoms with Crippen LogP contribution in [0, 0.1) is 5.92 Å². The Labute approximate surface area is 141 Å². The van der Waals surface area contributed by atoms with Crippen molar-refractivity contribution in [1.82, 2.24) is 10.2 Å². The van der Waals surface area contributed by atoms with Gasteiger partial charge in [-0.25, -0.2) is 0 Å². The van der Waals surface area contributed by atoms with E-state index in [0.717, 1.165) is 25.7 Å². The average Bonchev–Trinajstić information content (AvgIpc) is 3.40. The molecule has 1 heterocycles. The van der Waals surface area contributed by atoms with Crippen molar-refractivity contribution in [2.45, 2.75) is 38.6 Å². The molecule has 1 saturated carbocycles. The Morgan fingerprint density at radius 1 is 1.29 bits per heavy atom. The van der Waals surface area contributed by atoms with Gasteiger partial charge in [-0.3, -0.25) is 19.3 Å². The molecule has 1 fully saturated rings. The van der Waals surface area contributed by atoms with Crippen molar-refractivity contribution in [3.63, 3.8) is 0 Å². The van der Waals surface area contributed by atoms with E-state index in [4.69, 9.17) is 5.73 Å². The lowest BCUT2D eigenvalue weighted by molar-refractivity contribution is 0.0652. The molecule has 0 bridgehead atoms. The smallest absolute Gasteiger partial charge is 0.261 e. The lowest BCUT2D eigenvalue weighted by Gasteiger charge is -2.16. The summed E-state index contributed by atoms with van der Waals surface area (Å²) in [6.07, 6.45) is 3.86. The number of nitrogens with one attached hydrogen (secondary N) is 1. The number of nitrogens with two attached hydrogens (primary N) is 1. The van der Waals surface area contributed by atoms with Gasteiger partial charge in [0.1, 0.15) is 0 Å². The molecule has 6 nitrogen and oxygen atoms in total. The number of amides is 3. The van der Waals surface area contributed by atoms with E-state index >= 15 is 0 Å². The predicted octanol–water partition coefficient (Wildman–Crippen LogP) is 1.55. The fourth-order valence-electron chi connectivity index (χ4n) is 3.07. The van der Waals surface area contributed by atoms with Crippen molar-refractivity contribution in [2.24, 2.45) is 11.7 Å². The van der Waals surface area contributed by atoms with E-state index in [1.165, 1.54) is 11.0 Å². The lowest BCUT2D eigenvalue weighted by atomic mass is 10.0. The summed E-state index contributed by atoms with van der Waals surface area (Å²) in [5, 5.41) is 2.93. The number of rotatable bonds is 7. The third kappa shape index (κ3) is 3.06. The van der Waals surface area contributed by atoms with Crippen LogP contribution in [0.5, 0.6) is 0 Å².